The molecule has 32 heavy (non-hydrogen) atoms. The topological polar surface area (TPSA) is 29.5 Å². The number of alkyl halides is 3. The zero-order chi connectivity index (χ0) is 22.6. The summed E-state index contributed by atoms with van der Waals surface area (Å²) in [6.07, 6.45) is -4.20. The van der Waals surface area contributed by atoms with Gasteiger partial charge in [0, 0.05) is 12.1 Å². The highest BCUT2D eigenvalue weighted by molar-refractivity contribution is 5.70. The number of halogens is 3. The van der Waals surface area contributed by atoms with E-state index in [1.807, 2.05) is 54.6 Å². The molecule has 0 radical (unpaired) electrons. The van der Waals surface area contributed by atoms with E-state index in [-0.39, 0.29) is 6.61 Å². The molecule has 1 heterocycles. The molecule has 0 saturated carbocycles. The molecule has 3 nitrogen and oxygen atoms in total. The molecule has 0 aromatic heterocycles. The molecule has 4 rings (SSSR count). The van der Waals surface area contributed by atoms with E-state index in [0.717, 1.165) is 28.8 Å². The minimum atomic E-state index is -4.40. The number of amides is 1. The normalized spacial score (nSPS) is 15.3. The molecule has 1 aliphatic heterocycles. The first-order valence-electron chi connectivity index (χ1n) is 10.2. The van der Waals surface area contributed by atoms with Crippen LogP contribution in [0.25, 0.3) is 0 Å². The van der Waals surface area contributed by atoms with Gasteiger partial charge in [-0.25, -0.2) is 4.79 Å². The number of ether oxygens (including phenoxy) is 1. The van der Waals surface area contributed by atoms with Gasteiger partial charge in [-0.1, -0.05) is 66.4 Å². The third kappa shape index (κ3) is 4.94. The second-order valence-electron chi connectivity index (χ2n) is 7.43. The maximum absolute atomic E-state index is 12.9. The zero-order valence-corrected chi connectivity index (χ0v) is 17.1. The summed E-state index contributed by atoms with van der Waals surface area (Å²) in [4.78, 5) is 14.4. The Morgan fingerprint density at radius 2 is 1.66 bits per heavy atom. The number of benzene rings is 3. The molecule has 0 bridgehead atoms. The molecular formula is C26H20F3NO2. The van der Waals surface area contributed by atoms with E-state index in [9.17, 15) is 18.0 Å². The quantitative estimate of drug-likeness (QED) is 0.463. The molecule has 1 aliphatic rings. The Hall–Kier alpha value is -3.72. The maximum atomic E-state index is 12.9. The van der Waals surface area contributed by atoms with Gasteiger partial charge in [0.25, 0.3) is 0 Å². The highest BCUT2D eigenvalue weighted by atomic mass is 19.4. The fraction of sp³-hybridized carbons (Fsp3) is 0.192. The number of carbonyl (C=O) groups is 1. The van der Waals surface area contributed by atoms with E-state index >= 15 is 0 Å². The van der Waals surface area contributed by atoms with Crippen molar-refractivity contribution < 1.29 is 22.7 Å². The van der Waals surface area contributed by atoms with Crippen LogP contribution >= 0.6 is 0 Å². The maximum Gasteiger partial charge on any atom is 0.416 e. The second kappa shape index (κ2) is 9.19. The summed E-state index contributed by atoms with van der Waals surface area (Å²) >= 11 is 0. The van der Waals surface area contributed by atoms with Crippen molar-refractivity contribution in [3.05, 3.63) is 107 Å². The monoisotopic (exact) mass is 435 g/mol. The van der Waals surface area contributed by atoms with Crippen LogP contribution in [0.4, 0.5) is 18.0 Å². The van der Waals surface area contributed by atoms with Gasteiger partial charge in [-0.05, 0) is 47.4 Å². The number of nitrogens with zero attached hydrogens (tertiary/aromatic N) is 1. The van der Waals surface area contributed by atoms with Gasteiger partial charge in [0.05, 0.1) is 5.56 Å². The van der Waals surface area contributed by atoms with Crippen LogP contribution in [0.5, 0.6) is 0 Å². The molecule has 0 N–H and O–H groups in total. The van der Waals surface area contributed by atoms with Crippen molar-refractivity contribution in [3.8, 4) is 11.8 Å². The van der Waals surface area contributed by atoms with Gasteiger partial charge in [-0.15, -0.1) is 0 Å². The Labute approximate surface area is 184 Å². The van der Waals surface area contributed by atoms with E-state index in [4.69, 9.17) is 4.74 Å². The molecule has 0 aliphatic carbocycles. The first kappa shape index (κ1) is 21.5. The molecule has 1 amide bonds. The third-order valence-corrected chi connectivity index (χ3v) is 5.29. The van der Waals surface area contributed by atoms with Gasteiger partial charge in [-0.2, -0.15) is 13.2 Å². The summed E-state index contributed by atoms with van der Waals surface area (Å²) in [6, 6.07) is 21.2. The van der Waals surface area contributed by atoms with Crippen LogP contribution < -0.4 is 0 Å². The van der Waals surface area contributed by atoms with Crippen molar-refractivity contribution in [1.29, 1.82) is 0 Å². The van der Waals surface area contributed by atoms with Crippen molar-refractivity contribution in [2.24, 2.45) is 0 Å². The lowest BCUT2D eigenvalue weighted by molar-refractivity contribution is -0.137. The standard InChI is InChI=1S/C26H20F3NO2/c27-26(28,29)22-13-10-19(11-14-22)12-15-24-23-9-5-4-8-21(23)16-17-30(24)25(31)32-18-20-6-2-1-3-7-20/h1-11,13-14,24H,16-18H2/t24-/m0/s1. The number of fused-ring (bicyclic) bond motifs is 1. The highest BCUT2D eigenvalue weighted by Gasteiger charge is 2.31. The molecule has 0 fully saturated rings. The van der Waals surface area contributed by atoms with Crippen molar-refractivity contribution in [2.75, 3.05) is 6.54 Å². The van der Waals surface area contributed by atoms with E-state index in [1.165, 1.54) is 12.1 Å². The Bertz CT molecular complexity index is 1150. The van der Waals surface area contributed by atoms with Crippen LogP contribution in [0.3, 0.4) is 0 Å². The SMILES string of the molecule is O=C(OCc1ccccc1)N1CCc2ccccc2[C@@H]1C#Cc1ccc(C(F)(F)F)cc1. The average molecular weight is 435 g/mol. The lowest BCUT2D eigenvalue weighted by atomic mass is 9.93. The van der Waals surface area contributed by atoms with Crippen molar-refractivity contribution in [3.63, 3.8) is 0 Å². The van der Waals surface area contributed by atoms with Crippen molar-refractivity contribution >= 4 is 6.09 Å². The predicted octanol–water partition coefficient (Wildman–Crippen LogP) is 5.99. The van der Waals surface area contributed by atoms with Gasteiger partial charge in [0.1, 0.15) is 12.6 Å². The van der Waals surface area contributed by atoms with E-state index < -0.39 is 23.9 Å². The van der Waals surface area contributed by atoms with Crippen LogP contribution in [0.1, 0.15) is 33.9 Å². The molecule has 0 unspecified atom stereocenters. The molecule has 3 aromatic rings. The molecule has 0 saturated heterocycles. The van der Waals surface area contributed by atoms with Gasteiger partial charge in [0.15, 0.2) is 0 Å². The summed E-state index contributed by atoms with van der Waals surface area (Å²) in [5.74, 6) is 6.00. The summed E-state index contributed by atoms with van der Waals surface area (Å²) in [6.45, 7) is 0.591. The molecular weight excluding hydrogens is 415 g/mol. The zero-order valence-electron chi connectivity index (χ0n) is 17.1. The van der Waals surface area contributed by atoms with E-state index in [1.54, 1.807) is 4.90 Å². The van der Waals surface area contributed by atoms with E-state index in [0.29, 0.717) is 18.5 Å². The summed E-state index contributed by atoms with van der Waals surface area (Å²) < 4.78 is 43.9. The van der Waals surface area contributed by atoms with Gasteiger partial charge in [0.2, 0.25) is 0 Å². The smallest absolute Gasteiger partial charge is 0.416 e. The number of hydrogen-bond donors (Lipinski definition) is 0. The number of rotatable bonds is 2. The lowest BCUT2D eigenvalue weighted by Crippen LogP contribution is -2.39. The predicted molar refractivity (Wildman–Crippen MR) is 115 cm³/mol. The van der Waals surface area contributed by atoms with Gasteiger partial charge < -0.3 is 4.74 Å². The fourth-order valence-corrected chi connectivity index (χ4v) is 3.62. The summed E-state index contributed by atoms with van der Waals surface area (Å²) in [5.41, 5.74) is 2.59. The first-order valence-corrected chi connectivity index (χ1v) is 10.2. The second-order valence-corrected chi connectivity index (χ2v) is 7.43. The number of hydrogen-bond acceptors (Lipinski definition) is 2. The molecule has 3 aromatic carbocycles. The minimum Gasteiger partial charge on any atom is -0.445 e. The molecule has 6 heteroatoms. The first-order chi connectivity index (χ1) is 15.4. The molecule has 162 valence electrons. The van der Waals surface area contributed by atoms with Crippen LogP contribution in [0, 0.1) is 11.8 Å². The Kier molecular flexibility index (Phi) is 6.18. The Morgan fingerprint density at radius 3 is 2.38 bits per heavy atom. The van der Waals surface area contributed by atoms with Gasteiger partial charge >= 0.3 is 12.3 Å². The van der Waals surface area contributed by atoms with Gasteiger partial charge in [-0.3, -0.25) is 4.90 Å². The lowest BCUT2D eigenvalue weighted by Gasteiger charge is -2.33. The van der Waals surface area contributed by atoms with Crippen LogP contribution in [0.15, 0.2) is 78.9 Å². The van der Waals surface area contributed by atoms with Crippen molar-refractivity contribution in [1.82, 2.24) is 4.90 Å². The Balaban J connectivity index is 1.57. The minimum absolute atomic E-state index is 0.150. The average Bonchev–Trinajstić information content (AvgIpc) is 2.81. The molecule has 1 atom stereocenters. The third-order valence-electron chi connectivity index (χ3n) is 5.29. The summed E-state index contributed by atoms with van der Waals surface area (Å²) in [5, 5.41) is 0. The van der Waals surface area contributed by atoms with Crippen LogP contribution in [-0.2, 0) is 23.9 Å². The highest BCUT2D eigenvalue weighted by Crippen LogP contribution is 2.31. The van der Waals surface area contributed by atoms with Crippen LogP contribution in [0.2, 0.25) is 0 Å². The largest absolute Gasteiger partial charge is 0.445 e. The molecule has 0 spiro atoms. The fourth-order valence-electron chi connectivity index (χ4n) is 3.62. The summed E-state index contributed by atoms with van der Waals surface area (Å²) in [7, 11) is 0. The Morgan fingerprint density at radius 1 is 0.969 bits per heavy atom. The van der Waals surface area contributed by atoms with Crippen molar-refractivity contribution in [2.45, 2.75) is 25.2 Å². The van der Waals surface area contributed by atoms with E-state index in [2.05, 4.69) is 11.8 Å². The van der Waals surface area contributed by atoms with Crippen LogP contribution in [-0.4, -0.2) is 17.5 Å². The number of carbonyl (C=O) groups excluding carboxylic acids is 1.